The van der Waals surface area contributed by atoms with Crippen molar-refractivity contribution in [3.8, 4) is 11.8 Å². The second-order valence-electron chi connectivity index (χ2n) is 6.25. The highest BCUT2D eigenvalue weighted by molar-refractivity contribution is 7.12. The molecule has 1 atom stereocenters. The molecule has 3 aromatic rings. The number of carbonyl (C=O) groups excluding carboxylic acids is 1. The average molecular weight is 376 g/mol. The third-order valence-corrected chi connectivity index (χ3v) is 5.86. The number of methoxy groups -OCH3 is 1. The van der Waals surface area contributed by atoms with E-state index in [1.165, 1.54) is 18.4 Å². The lowest BCUT2D eigenvalue weighted by Gasteiger charge is -2.24. The Morgan fingerprint density at radius 1 is 1.26 bits per heavy atom. The quantitative estimate of drug-likeness (QED) is 0.677. The maximum atomic E-state index is 12.2. The summed E-state index contributed by atoms with van der Waals surface area (Å²) in [7, 11) is 1.33. The van der Waals surface area contributed by atoms with Crippen molar-refractivity contribution in [3.63, 3.8) is 0 Å². The largest absolute Gasteiger partial charge is 0.465 e. The molecule has 1 aromatic heterocycles. The number of fused-ring (bicyclic) bond motifs is 2. The highest BCUT2D eigenvalue weighted by Gasteiger charge is 2.37. The maximum Gasteiger partial charge on any atom is 0.342 e. The average Bonchev–Trinajstić information content (AvgIpc) is 3.01. The van der Waals surface area contributed by atoms with Gasteiger partial charge in [0.25, 0.3) is 0 Å². The fraction of sp³-hybridized carbons (Fsp3) is 0.143. The van der Waals surface area contributed by atoms with E-state index in [0.29, 0.717) is 16.9 Å². The first-order valence-corrected chi connectivity index (χ1v) is 9.14. The number of nitriles is 1. The number of nitrogens with two attached hydrogens (primary N) is 1. The lowest BCUT2D eigenvalue weighted by atomic mass is 9.87. The van der Waals surface area contributed by atoms with Gasteiger partial charge in [-0.2, -0.15) is 5.26 Å². The molecule has 0 bridgehead atoms. The van der Waals surface area contributed by atoms with Crippen LogP contribution in [0.1, 0.15) is 31.6 Å². The Labute approximate surface area is 160 Å². The SMILES string of the molecule is COC(=O)c1c(C)sc2c1OC(N)=C(C#N)[C@@H]2c1ccc2ccccc2c1. The van der Waals surface area contributed by atoms with E-state index in [4.69, 9.17) is 15.2 Å². The van der Waals surface area contributed by atoms with Crippen molar-refractivity contribution in [1.29, 1.82) is 5.26 Å². The van der Waals surface area contributed by atoms with E-state index in [1.807, 2.05) is 49.4 Å². The molecule has 0 spiro atoms. The van der Waals surface area contributed by atoms with Crippen LogP contribution in [-0.2, 0) is 4.74 Å². The van der Waals surface area contributed by atoms with Gasteiger partial charge in [0.15, 0.2) is 5.75 Å². The predicted molar refractivity (Wildman–Crippen MR) is 104 cm³/mol. The first-order valence-electron chi connectivity index (χ1n) is 8.33. The first kappa shape index (κ1) is 17.1. The number of benzene rings is 2. The van der Waals surface area contributed by atoms with Crippen LogP contribution >= 0.6 is 11.3 Å². The van der Waals surface area contributed by atoms with E-state index in [1.54, 1.807) is 0 Å². The number of rotatable bonds is 2. The molecule has 0 unspecified atom stereocenters. The second kappa shape index (κ2) is 6.45. The molecule has 0 fully saturated rings. The summed E-state index contributed by atoms with van der Waals surface area (Å²) in [5, 5.41) is 11.9. The Kier molecular flexibility index (Phi) is 4.09. The standard InChI is InChI=1S/C21H16N2O3S/c1-11-16(21(24)25-2)18-19(27-11)17(15(10-22)20(23)26-18)14-8-7-12-5-3-4-6-13(12)9-14/h3-9,17H,23H2,1-2H3/t17-/m0/s1. The summed E-state index contributed by atoms with van der Waals surface area (Å²) in [4.78, 5) is 13.8. The van der Waals surface area contributed by atoms with E-state index in [0.717, 1.165) is 26.1 Å². The van der Waals surface area contributed by atoms with Crippen LogP contribution in [0.3, 0.4) is 0 Å². The smallest absolute Gasteiger partial charge is 0.342 e. The Bertz CT molecular complexity index is 1150. The summed E-state index contributed by atoms with van der Waals surface area (Å²) in [6.45, 7) is 1.83. The number of carbonyl (C=O) groups is 1. The number of aryl methyl sites for hydroxylation is 1. The van der Waals surface area contributed by atoms with Crippen molar-refractivity contribution in [3.05, 3.63) is 74.8 Å². The number of hydrogen-bond acceptors (Lipinski definition) is 6. The van der Waals surface area contributed by atoms with Gasteiger partial charge in [-0.05, 0) is 23.3 Å². The van der Waals surface area contributed by atoms with Crippen LogP contribution in [0, 0.1) is 18.3 Å². The van der Waals surface area contributed by atoms with Gasteiger partial charge in [0.05, 0.1) is 17.9 Å². The number of hydrogen-bond donors (Lipinski definition) is 1. The van der Waals surface area contributed by atoms with Crippen LogP contribution in [0.15, 0.2) is 53.9 Å². The molecule has 27 heavy (non-hydrogen) atoms. The van der Waals surface area contributed by atoms with Crippen LogP contribution in [0.4, 0.5) is 0 Å². The van der Waals surface area contributed by atoms with Crippen LogP contribution in [0.5, 0.6) is 5.75 Å². The molecule has 0 saturated heterocycles. The molecule has 2 heterocycles. The van der Waals surface area contributed by atoms with E-state index in [9.17, 15) is 10.1 Å². The van der Waals surface area contributed by atoms with Crippen molar-refractivity contribution in [1.82, 2.24) is 0 Å². The number of esters is 1. The van der Waals surface area contributed by atoms with E-state index in [2.05, 4.69) is 6.07 Å². The molecule has 6 heteroatoms. The molecule has 1 aliphatic rings. The van der Waals surface area contributed by atoms with E-state index >= 15 is 0 Å². The zero-order valence-corrected chi connectivity index (χ0v) is 15.6. The van der Waals surface area contributed by atoms with Crippen molar-refractivity contribution >= 4 is 28.1 Å². The van der Waals surface area contributed by atoms with Gasteiger partial charge in [0.2, 0.25) is 5.88 Å². The summed E-state index contributed by atoms with van der Waals surface area (Å²) in [5.74, 6) is -0.453. The Hall–Kier alpha value is -3.30. The molecule has 0 saturated carbocycles. The van der Waals surface area contributed by atoms with Crippen molar-refractivity contribution in [2.24, 2.45) is 5.73 Å². The van der Waals surface area contributed by atoms with Crippen LogP contribution in [0.25, 0.3) is 10.8 Å². The molecule has 0 aliphatic carbocycles. The van der Waals surface area contributed by atoms with Gasteiger partial charge in [-0.1, -0.05) is 42.5 Å². The van der Waals surface area contributed by atoms with Crippen LogP contribution < -0.4 is 10.5 Å². The molecule has 134 valence electrons. The highest BCUT2D eigenvalue weighted by Crippen LogP contribution is 2.49. The van der Waals surface area contributed by atoms with E-state index < -0.39 is 5.97 Å². The fourth-order valence-electron chi connectivity index (χ4n) is 3.44. The molecule has 2 aromatic carbocycles. The van der Waals surface area contributed by atoms with E-state index in [-0.39, 0.29) is 11.8 Å². The van der Waals surface area contributed by atoms with Gasteiger partial charge in [0.1, 0.15) is 17.2 Å². The van der Waals surface area contributed by atoms with Gasteiger partial charge < -0.3 is 15.2 Å². The lowest BCUT2D eigenvalue weighted by molar-refractivity contribution is 0.0597. The molecule has 1 aliphatic heterocycles. The lowest BCUT2D eigenvalue weighted by Crippen LogP contribution is -2.21. The summed E-state index contributed by atoms with van der Waals surface area (Å²) in [6, 6.07) is 16.3. The zero-order valence-electron chi connectivity index (χ0n) is 14.8. The predicted octanol–water partition coefficient (Wildman–Crippen LogP) is 4.21. The fourth-order valence-corrected chi connectivity index (χ4v) is 4.65. The Balaban J connectivity index is 1.96. The molecule has 4 rings (SSSR count). The van der Waals surface area contributed by atoms with Gasteiger partial charge in [-0.15, -0.1) is 11.3 Å². The molecular weight excluding hydrogens is 360 g/mol. The minimum atomic E-state index is -0.476. The molecule has 5 nitrogen and oxygen atoms in total. The number of nitrogens with zero attached hydrogens (tertiary/aromatic N) is 1. The molecule has 2 N–H and O–H groups in total. The van der Waals surface area contributed by atoms with Crippen LogP contribution in [-0.4, -0.2) is 13.1 Å². The van der Waals surface area contributed by atoms with Gasteiger partial charge in [-0.25, -0.2) is 4.79 Å². The number of allylic oxidation sites excluding steroid dienone is 1. The highest BCUT2D eigenvalue weighted by atomic mass is 32.1. The van der Waals surface area contributed by atoms with Crippen LogP contribution in [0.2, 0.25) is 0 Å². The number of ether oxygens (including phenoxy) is 2. The van der Waals surface area contributed by atoms with Gasteiger partial charge in [-0.3, -0.25) is 0 Å². The Morgan fingerprint density at radius 3 is 2.70 bits per heavy atom. The summed E-state index contributed by atoms with van der Waals surface area (Å²) >= 11 is 1.42. The molecular formula is C21H16N2O3S. The number of thiophene rings is 1. The molecule has 0 amide bonds. The minimum absolute atomic E-state index is 0.0195. The minimum Gasteiger partial charge on any atom is -0.465 e. The summed E-state index contributed by atoms with van der Waals surface area (Å²) < 4.78 is 10.6. The van der Waals surface area contributed by atoms with Gasteiger partial charge >= 0.3 is 5.97 Å². The molecule has 0 radical (unpaired) electrons. The monoisotopic (exact) mass is 376 g/mol. The topological polar surface area (TPSA) is 85.3 Å². The zero-order chi connectivity index (χ0) is 19.1. The third kappa shape index (κ3) is 2.64. The van der Waals surface area contributed by atoms with Crippen molar-refractivity contribution in [2.75, 3.05) is 7.11 Å². The Morgan fingerprint density at radius 2 is 2.00 bits per heavy atom. The van der Waals surface area contributed by atoms with Gasteiger partial charge in [0, 0.05) is 4.88 Å². The third-order valence-electron chi connectivity index (χ3n) is 4.71. The summed E-state index contributed by atoms with van der Waals surface area (Å²) in [5.41, 5.74) is 7.69. The van der Waals surface area contributed by atoms with Crippen molar-refractivity contribution < 1.29 is 14.3 Å². The summed E-state index contributed by atoms with van der Waals surface area (Å²) in [6.07, 6.45) is 0. The second-order valence-corrected chi connectivity index (χ2v) is 7.51. The normalized spacial score (nSPS) is 15.8. The maximum absolute atomic E-state index is 12.2. The first-order chi connectivity index (χ1) is 13.0. The van der Waals surface area contributed by atoms with Crippen molar-refractivity contribution in [2.45, 2.75) is 12.8 Å².